The molecule has 2 aromatic heterocycles. The Morgan fingerprint density at radius 2 is 1.59 bits per heavy atom. The Labute approximate surface area is 300 Å². The molecule has 1 saturated carbocycles. The van der Waals surface area contributed by atoms with Gasteiger partial charge in [0, 0.05) is 5.75 Å². The first-order chi connectivity index (χ1) is 23.8. The molecule has 3 rings (SSSR count). The SMILES string of the molecule is CCCCCCCCCCCCCCCCS(=S)CCO[P@@](=O)(CO[C@H](C)Cn1cnc2c(N)ncnc21)OCOC(=O)OC1CCCC1. The standard InChI is InChI=1S/C34H60N5O7PS2/c1-3-4-5-6-7-8-9-10-11-12-13-14-15-18-22-49(48)23-21-44-47(41,45-27-42-34(40)46-30-19-16-17-20-30)28-43-29(2)24-39-26-38-31-32(35)36-25-37-33(31)39/h25-26,29-30H,3-24,27-28H2,1-2H3,(H2,35,36,37)/t29-,47+,49?/m1/s1. The smallest absolute Gasteiger partial charge is 0.431 e. The first kappa shape index (κ1) is 41.7. The molecular formula is C34H60N5O7PS2. The van der Waals surface area contributed by atoms with E-state index < -0.39 is 26.6 Å². The maximum Gasteiger partial charge on any atom is 0.510 e. The number of rotatable bonds is 28. The van der Waals surface area contributed by atoms with E-state index in [0.29, 0.717) is 29.3 Å². The number of nitrogens with two attached hydrogens (primary N) is 1. The highest BCUT2D eigenvalue weighted by molar-refractivity contribution is 8.28. The van der Waals surface area contributed by atoms with Crippen LogP contribution in [0.15, 0.2) is 12.7 Å². The van der Waals surface area contributed by atoms with E-state index in [-0.39, 0.29) is 28.5 Å². The number of hydrogen-bond donors (Lipinski definition) is 1. The Kier molecular flexibility index (Phi) is 20.8. The fourth-order valence-electron chi connectivity index (χ4n) is 5.85. The van der Waals surface area contributed by atoms with Crippen molar-refractivity contribution < 1.29 is 32.6 Å². The zero-order valence-corrected chi connectivity index (χ0v) is 32.3. The topological polar surface area (TPSA) is 150 Å². The molecular weight excluding hydrogens is 686 g/mol. The van der Waals surface area contributed by atoms with Gasteiger partial charge < -0.3 is 29.0 Å². The molecule has 2 aromatic rings. The monoisotopic (exact) mass is 745 g/mol. The molecule has 0 aromatic carbocycles. The molecule has 2 N–H and O–H groups in total. The predicted molar refractivity (Wildman–Crippen MR) is 199 cm³/mol. The second kappa shape index (κ2) is 24.5. The molecule has 1 aliphatic rings. The van der Waals surface area contributed by atoms with Crippen molar-refractivity contribution in [1.82, 2.24) is 19.5 Å². The van der Waals surface area contributed by atoms with Crippen molar-refractivity contribution in [1.29, 1.82) is 0 Å². The Hall–Kier alpha value is -1.70. The van der Waals surface area contributed by atoms with Crippen LogP contribution in [0.3, 0.4) is 0 Å². The molecule has 0 spiro atoms. The highest BCUT2D eigenvalue weighted by atomic mass is 32.8. The molecule has 15 heteroatoms. The minimum atomic E-state index is -3.80. The average Bonchev–Trinajstić information content (AvgIpc) is 3.75. The number of unbranched alkanes of at least 4 members (excludes halogenated alkanes) is 13. The van der Waals surface area contributed by atoms with Crippen LogP contribution in [0, 0.1) is 0 Å². The van der Waals surface area contributed by atoms with Crippen LogP contribution < -0.4 is 5.73 Å². The highest BCUT2D eigenvalue weighted by Gasteiger charge is 2.28. The zero-order chi connectivity index (χ0) is 35.2. The van der Waals surface area contributed by atoms with Gasteiger partial charge in [0.15, 0.2) is 11.5 Å². The van der Waals surface area contributed by atoms with Crippen LogP contribution in [-0.2, 0) is 55.0 Å². The van der Waals surface area contributed by atoms with Crippen LogP contribution >= 0.6 is 7.60 Å². The molecule has 1 aliphatic carbocycles. The van der Waals surface area contributed by atoms with Gasteiger partial charge >= 0.3 is 13.8 Å². The van der Waals surface area contributed by atoms with Crippen LogP contribution in [0.1, 0.15) is 129 Å². The van der Waals surface area contributed by atoms with Crippen LogP contribution in [0.5, 0.6) is 0 Å². The summed E-state index contributed by atoms with van der Waals surface area (Å²) >= 11 is 5.70. The molecule has 0 bridgehead atoms. The van der Waals surface area contributed by atoms with Gasteiger partial charge in [-0.15, -0.1) is 9.45 Å². The molecule has 0 saturated heterocycles. The first-order valence-electron chi connectivity index (χ1n) is 18.4. The van der Waals surface area contributed by atoms with Crippen molar-refractivity contribution >= 4 is 51.4 Å². The third-order valence-corrected chi connectivity index (χ3v) is 12.6. The Bertz CT molecular complexity index is 1280. The van der Waals surface area contributed by atoms with Gasteiger partial charge in [-0.3, -0.25) is 9.09 Å². The Balaban J connectivity index is 1.33. The van der Waals surface area contributed by atoms with Crippen LogP contribution in [-0.4, -0.2) is 69.1 Å². The average molecular weight is 746 g/mol. The van der Waals surface area contributed by atoms with E-state index in [0.717, 1.165) is 37.9 Å². The van der Waals surface area contributed by atoms with Crippen LogP contribution in [0.2, 0.25) is 0 Å². The number of hydrogen-bond acceptors (Lipinski definition) is 12. The zero-order valence-electron chi connectivity index (χ0n) is 29.8. The number of anilines is 1. The quantitative estimate of drug-likeness (QED) is 0.0384. The fraction of sp³-hybridized carbons (Fsp3) is 0.824. The molecule has 3 atom stereocenters. The van der Waals surface area contributed by atoms with E-state index >= 15 is 0 Å². The van der Waals surface area contributed by atoms with Crippen molar-refractivity contribution in [2.75, 3.05) is 37.0 Å². The summed E-state index contributed by atoms with van der Waals surface area (Å²) in [5, 5.41) is 0. The lowest BCUT2D eigenvalue weighted by Crippen LogP contribution is -2.20. The Morgan fingerprint density at radius 3 is 2.24 bits per heavy atom. The molecule has 280 valence electrons. The molecule has 49 heavy (non-hydrogen) atoms. The largest absolute Gasteiger partial charge is 0.510 e. The first-order valence-corrected chi connectivity index (χ1v) is 22.6. The number of imidazole rings is 1. The molecule has 12 nitrogen and oxygen atoms in total. The highest BCUT2D eigenvalue weighted by Crippen LogP contribution is 2.48. The molecule has 0 amide bonds. The molecule has 1 unspecified atom stereocenters. The van der Waals surface area contributed by atoms with E-state index in [1.165, 1.54) is 89.8 Å². The van der Waals surface area contributed by atoms with Crippen LogP contribution in [0.25, 0.3) is 11.2 Å². The third kappa shape index (κ3) is 17.4. The number of nitrogen functional groups attached to an aromatic ring is 1. The van der Waals surface area contributed by atoms with Crippen molar-refractivity contribution in [2.24, 2.45) is 0 Å². The van der Waals surface area contributed by atoms with E-state index in [1.807, 2.05) is 6.92 Å². The summed E-state index contributed by atoms with van der Waals surface area (Å²) in [6, 6.07) is 0. The number of nitrogens with zero attached hydrogens (tertiary/aromatic N) is 4. The van der Waals surface area contributed by atoms with Gasteiger partial charge in [-0.1, -0.05) is 102 Å². The summed E-state index contributed by atoms with van der Waals surface area (Å²) in [5.74, 6) is 1.82. The van der Waals surface area contributed by atoms with Gasteiger partial charge in [0.05, 0.1) is 25.6 Å². The van der Waals surface area contributed by atoms with E-state index in [9.17, 15) is 9.36 Å². The van der Waals surface area contributed by atoms with E-state index in [4.69, 9.17) is 40.2 Å². The maximum atomic E-state index is 13.7. The molecule has 0 aliphatic heterocycles. The number of carbonyl (C=O) groups excluding carboxylic acids is 1. The van der Waals surface area contributed by atoms with E-state index in [1.54, 1.807) is 10.9 Å². The summed E-state index contributed by atoms with van der Waals surface area (Å²) < 4.78 is 43.0. The second-order valence-electron chi connectivity index (χ2n) is 13.0. The lowest BCUT2D eigenvalue weighted by Gasteiger charge is -2.21. The number of carbonyl (C=O) groups is 1. The summed E-state index contributed by atoms with van der Waals surface area (Å²) in [6.45, 7) is 4.05. The number of ether oxygens (including phenoxy) is 3. The Morgan fingerprint density at radius 1 is 0.959 bits per heavy atom. The third-order valence-electron chi connectivity index (χ3n) is 8.72. The fourth-order valence-corrected chi connectivity index (χ4v) is 8.78. The van der Waals surface area contributed by atoms with Gasteiger partial charge in [0.25, 0.3) is 0 Å². The normalized spacial score (nSPS) is 16.1. The second-order valence-corrected chi connectivity index (χ2v) is 18.1. The minimum Gasteiger partial charge on any atom is -0.431 e. The number of fused-ring (bicyclic) bond motifs is 1. The minimum absolute atomic E-state index is 0.149. The molecule has 1 fully saturated rings. The van der Waals surface area contributed by atoms with Gasteiger partial charge in [-0.25, -0.2) is 19.7 Å². The van der Waals surface area contributed by atoms with Gasteiger partial charge in [0.2, 0.25) is 6.79 Å². The summed E-state index contributed by atoms with van der Waals surface area (Å²) in [4.78, 5) is 24.6. The van der Waals surface area contributed by atoms with Crippen LogP contribution in [0.4, 0.5) is 10.6 Å². The van der Waals surface area contributed by atoms with Gasteiger partial charge in [0.1, 0.15) is 24.3 Å². The number of aromatic nitrogens is 4. The summed E-state index contributed by atoms with van der Waals surface area (Å²) in [7, 11) is -4.08. The van der Waals surface area contributed by atoms with Gasteiger partial charge in [-0.2, -0.15) is 0 Å². The lowest BCUT2D eigenvalue weighted by atomic mass is 10.0. The summed E-state index contributed by atoms with van der Waals surface area (Å²) in [5.41, 5.74) is 6.97. The lowest BCUT2D eigenvalue weighted by molar-refractivity contribution is -0.0222. The van der Waals surface area contributed by atoms with Gasteiger partial charge in [-0.05, 0) is 44.8 Å². The predicted octanol–water partition coefficient (Wildman–Crippen LogP) is 8.61. The maximum absolute atomic E-state index is 13.7. The van der Waals surface area contributed by atoms with Crippen molar-refractivity contribution in [3.05, 3.63) is 12.7 Å². The molecule has 2 heterocycles. The molecule has 0 radical (unpaired) electrons. The van der Waals surface area contributed by atoms with Crippen molar-refractivity contribution in [3.63, 3.8) is 0 Å². The van der Waals surface area contributed by atoms with Crippen molar-refractivity contribution in [3.8, 4) is 0 Å². The van der Waals surface area contributed by atoms with Crippen molar-refractivity contribution in [2.45, 2.75) is 148 Å². The van der Waals surface area contributed by atoms with E-state index in [2.05, 4.69) is 21.9 Å². The summed E-state index contributed by atoms with van der Waals surface area (Å²) in [6.07, 6.45) is 23.4.